The zero-order valence-corrected chi connectivity index (χ0v) is 13.3. The van der Waals surface area contributed by atoms with E-state index in [4.69, 9.17) is 4.74 Å². The molecule has 0 radical (unpaired) electrons. The number of anilines is 1. The number of hydrogen-bond donors (Lipinski definition) is 2. The second-order valence-electron chi connectivity index (χ2n) is 6.00. The Morgan fingerprint density at radius 3 is 2.95 bits per heavy atom. The highest BCUT2D eigenvalue weighted by atomic mass is 16.5. The van der Waals surface area contributed by atoms with Crippen LogP contribution >= 0.6 is 0 Å². The van der Waals surface area contributed by atoms with Crippen LogP contribution in [0.3, 0.4) is 0 Å². The molecular weight excluding hydrogens is 264 g/mol. The van der Waals surface area contributed by atoms with Crippen LogP contribution in [-0.2, 0) is 4.79 Å². The minimum Gasteiger partial charge on any atom is -0.492 e. The third kappa shape index (κ3) is 4.21. The molecule has 1 aliphatic rings. The van der Waals surface area contributed by atoms with Crippen LogP contribution in [-0.4, -0.2) is 31.6 Å². The van der Waals surface area contributed by atoms with E-state index in [1.54, 1.807) is 0 Å². The lowest BCUT2D eigenvalue weighted by molar-refractivity contribution is -0.922. The summed E-state index contributed by atoms with van der Waals surface area (Å²) in [5.41, 5.74) is 0.764. The number of ether oxygens (including phenoxy) is 1. The summed E-state index contributed by atoms with van der Waals surface area (Å²) in [5, 5.41) is 3.02. The number of rotatable bonds is 5. The van der Waals surface area contributed by atoms with Crippen molar-refractivity contribution in [1.82, 2.24) is 0 Å². The first-order valence-electron chi connectivity index (χ1n) is 7.99. The highest BCUT2D eigenvalue weighted by Crippen LogP contribution is 2.23. The van der Waals surface area contributed by atoms with E-state index in [0.29, 0.717) is 12.5 Å². The maximum atomic E-state index is 12.5. The van der Waals surface area contributed by atoms with Crippen molar-refractivity contribution in [2.24, 2.45) is 5.92 Å². The van der Waals surface area contributed by atoms with Crippen molar-refractivity contribution in [3.63, 3.8) is 0 Å². The van der Waals surface area contributed by atoms with E-state index in [0.717, 1.165) is 24.5 Å². The molecule has 1 fully saturated rings. The smallest absolute Gasteiger partial charge is 0.282 e. The van der Waals surface area contributed by atoms with Crippen molar-refractivity contribution >= 4 is 11.6 Å². The second-order valence-corrected chi connectivity index (χ2v) is 6.00. The molecule has 0 spiro atoms. The van der Waals surface area contributed by atoms with Crippen molar-refractivity contribution in [2.75, 3.05) is 25.0 Å². The lowest BCUT2D eigenvalue weighted by Crippen LogP contribution is -3.17. The zero-order valence-electron chi connectivity index (χ0n) is 13.3. The first-order chi connectivity index (χ1) is 10.1. The number of nitrogens with one attached hydrogen (secondary N) is 2. The molecular formula is C17H27N2O2+. The summed E-state index contributed by atoms with van der Waals surface area (Å²) in [6, 6.07) is 7.59. The van der Waals surface area contributed by atoms with Gasteiger partial charge in [-0.05, 0) is 38.8 Å². The van der Waals surface area contributed by atoms with Gasteiger partial charge in [0.15, 0.2) is 6.04 Å². The first kappa shape index (κ1) is 15.8. The Hall–Kier alpha value is -1.55. The Labute approximate surface area is 127 Å². The largest absolute Gasteiger partial charge is 0.492 e. The van der Waals surface area contributed by atoms with Gasteiger partial charge in [0.05, 0.1) is 25.4 Å². The van der Waals surface area contributed by atoms with Gasteiger partial charge in [0.25, 0.3) is 5.91 Å². The predicted octanol–water partition coefficient (Wildman–Crippen LogP) is 1.73. The average molecular weight is 291 g/mol. The van der Waals surface area contributed by atoms with E-state index in [1.165, 1.54) is 17.7 Å². The van der Waals surface area contributed by atoms with Crippen LogP contribution < -0.4 is 15.0 Å². The van der Waals surface area contributed by atoms with E-state index >= 15 is 0 Å². The molecule has 2 rings (SSSR count). The Bertz CT molecular complexity index is 476. The fourth-order valence-corrected chi connectivity index (χ4v) is 3.00. The predicted molar refractivity (Wildman–Crippen MR) is 84.8 cm³/mol. The van der Waals surface area contributed by atoms with Gasteiger partial charge in [-0.15, -0.1) is 0 Å². The molecule has 1 aromatic carbocycles. The van der Waals surface area contributed by atoms with E-state index in [9.17, 15) is 4.79 Å². The number of carbonyl (C=O) groups is 1. The third-order valence-electron chi connectivity index (χ3n) is 4.26. The Morgan fingerprint density at radius 2 is 2.24 bits per heavy atom. The number of hydrogen-bond acceptors (Lipinski definition) is 2. The van der Waals surface area contributed by atoms with Crippen LogP contribution in [0.4, 0.5) is 5.69 Å². The molecule has 3 atom stereocenters. The highest BCUT2D eigenvalue weighted by Gasteiger charge is 2.29. The monoisotopic (exact) mass is 291 g/mol. The topological polar surface area (TPSA) is 42.8 Å². The molecule has 0 aliphatic carbocycles. The molecule has 0 bridgehead atoms. The van der Waals surface area contributed by atoms with Crippen molar-refractivity contribution in [3.8, 4) is 5.75 Å². The Kier molecular flexibility index (Phi) is 5.62. The molecule has 116 valence electrons. The number of likely N-dealkylation sites (tertiary alicyclic amines) is 1. The zero-order chi connectivity index (χ0) is 15.2. The van der Waals surface area contributed by atoms with Crippen LogP contribution in [0.25, 0.3) is 0 Å². The fourth-order valence-electron chi connectivity index (χ4n) is 3.00. The second kappa shape index (κ2) is 7.46. The molecule has 4 nitrogen and oxygen atoms in total. The normalized spacial score (nSPS) is 23.4. The Morgan fingerprint density at radius 1 is 1.48 bits per heavy atom. The summed E-state index contributed by atoms with van der Waals surface area (Å²) in [7, 11) is 0. The maximum absolute atomic E-state index is 12.5. The molecule has 1 unspecified atom stereocenters. The van der Waals surface area contributed by atoms with Gasteiger partial charge >= 0.3 is 0 Å². The molecule has 2 N–H and O–H groups in total. The van der Waals surface area contributed by atoms with E-state index in [2.05, 4.69) is 12.2 Å². The van der Waals surface area contributed by atoms with Crippen LogP contribution in [0, 0.1) is 5.92 Å². The molecule has 1 heterocycles. The molecule has 0 aromatic heterocycles. The summed E-state index contributed by atoms with van der Waals surface area (Å²) in [4.78, 5) is 13.9. The van der Waals surface area contributed by atoms with Gasteiger partial charge in [0, 0.05) is 5.92 Å². The molecule has 0 saturated carbocycles. The van der Waals surface area contributed by atoms with Crippen molar-refractivity contribution in [2.45, 2.75) is 39.7 Å². The van der Waals surface area contributed by atoms with Crippen molar-refractivity contribution in [3.05, 3.63) is 24.3 Å². The van der Waals surface area contributed by atoms with E-state index in [1.807, 2.05) is 38.1 Å². The van der Waals surface area contributed by atoms with Crippen LogP contribution in [0.2, 0.25) is 0 Å². The number of piperidine rings is 1. The average Bonchev–Trinajstić information content (AvgIpc) is 2.48. The van der Waals surface area contributed by atoms with Gasteiger partial charge in [0.1, 0.15) is 5.75 Å². The van der Waals surface area contributed by atoms with Gasteiger partial charge in [0.2, 0.25) is 0 Å². The van der Waals surface area contributed by atoms with Crippen molar-refractivity contribution < 1.29 is 14.4 Å². The number of benzene rings is 1. The standard InChI is InChI=1S/C17H26N2O2/c1-4-21-16-10-6-5-9-15(16)18-17(20)14(3)19-11-7-8-13(2)12-19/h5-6,9-10,13-14H,4,7-8,11-12H2,1-3H3,(H,18,20)/p+1/t13-,14+/m0/s1. The van der Waals surface area contributed by atoms with E-state index in [-0.39, 0.29) is 11.9 Å². The summed E-state index contributed by atoms with van der Waals surface area (Å²) in [6.45, 7) is 9.01. The molecule has 1 aromatic rings. The minimum atomic E-state index is -0.0255. The number of carbonyl (C=O) groups excluding carboxylic acids is 1. The number of para-hydroxylation sites is 2. The van der Waals surface area contributed by atoms with E-state index < -0.39 is 0 Å². The van der Waals surface area contributed by atoms with Gasteiger partial charge in [-0.2, -0.15) is 0 Å². The third-order valence-corrected chi connectivity index (χ3v) is 4.26. The molecule has 1 aliphatic heterocycles. The van der Waals surface area contributed by atoms with Crippen LogP contribution in [0.5, 0.6) is 5.75 Å². The quantitative estimate of drug-likeness (QED) is 0.867. The van der Waals surface area contributed by atoms with Gasteiger partial charge in [-0.3, -0.25) is 4.79 Å². The summed E-state index contributed by atoms with van der Waals surface area (Å²) < 4.78 is 5.56. The minimum absolute atomic E-state index is 0.0255. The summed E-state index contributed by atoms with van der Waals surface area (Å²) in [5.74, 6) is 1.52. The lowest BCUT2D eigenvalue weighted by Gasteiger charge is -2.31. The molecule has 1 saturated heterocycles. The van der Waals surface area contributed by atoms with Gasteiger partial charge in [-0.25, -0.2) is 0 Å². The SMILES string of the molecule is CCOc1ccccc1NC(=O)[C@@H](C)[NH+]1CCC[C@H](C)C1. The number of quaternary nitrogens is 1. The van der Waals surface area contributed by atoms with Crippen LogP contribution in [0.1, 0.15) is 33.6 Å². The molecule has 1 amide bonds. The van der Waals surface area contributed by atoms with Crippen molar-refractivity contribution in [1.29, 1.82) is 0 Å². The lowest BCUT2D eigenvalue weighted by atomic mass is 9.99. The fraction of sp³-hybridized carbons (Fsp3) is 0.588. The first-order valence-corrected chi connectivity index (χ1v) is 7.99. The van der Waals surface area contributed by atoms with Crippen LogP contribution in [0.15, 0.2) is 24.3 Å². The molecule has 21 heavy (non-hydrogen) atoms. The van der Waals surface area contributed by atoms with Gasteiger partial charge < -0.3 is 15.0 Å². The summed E-state index contributed by atoms with van der Waals surface area (Å²) in [6.07, 6.45) is 2.49. The molecule has 4 heteroatoms. The maximum Gasteiger partial charge on any atom is 0.282 e. The Balaban J connectivity index is 2.00. The highest BCUT2D eigenvalue weighted by molar-refractivity contribution is 5.94. The van der Waals surface area contributed by atoms with Gasteiger partial charge in [-0.1, -0.05) is 19.1 Å². The number of amides is 1. The summed E-state index contributed by atoms with van der Waals surface area (Å²) >= 11 is 0.